The largest absolute Gasteiger partial charge is 0.394 e. The Kier molecular flexibility index (Phi) is 60.1. The molecule has 2 heterocycles. The molecule has 0 aliphatic carbocycles. The Morgan fingerprint density at radius 2 is 0.729 bits per heavy atom. The molecule has 12 atom stereocenters. The summed E-state index contributed by atoms with van der Waals surface area (Å²) in [5, 5.41) is 87.6. The molecular formula is C82H143NO13. The molecule has 14 heteroatoms. The summed E-state index contributed by atoms with van der Waals surface area (Å²) in [5.41, 5.74) is 0. The van der Waals surface area contributed by atoms with Crippen LogP contribution in [0.3, 0.4) is 0 Å². The van der Waals surface area contributed by atoms with E-state index in [0.717, 1.165) is 77.0 Å². The monoisotopic (exact) mass is 1350 g/mol. The van der Waals surface area contributed by atoms with Gasteiger partial charge in [0.2, 0.25) is 5.91 Å². The first-order valence-electron chi connectivity index (χ1n) is 39.1. The van der Waals surface area contributed by atoms with Crippen molar-refractivity contribution in [3.63, 3.8) is 0 Å². The van der Waals surface area contributed by atoms with Gasteiger partial charge in [0.15, 0.2) is 12.6 Å². The van der Waals surface area contributed by atoms with Crippen LogP contribution in [0.4, 0.5) is 0 Å². The molecule has 2 rings (SSSR count). The fraction of sp³-hybridized carbons (Fsp3) is 0.768. The Hall–Kier alpha value is -3.35. The van der Waals surface area contributed by atoms with Gasteiger partial charge in [0.1, 0.15) is 48.8 Å². The lowest BCUT2D eigenvalue weighted by Gasteiger charge is -2.46. The van der Waals surface area contributed by atoms with Crippen LogP contribution in [0.15, 0.2) is 109 Å². The van der Waals surface area contributed by atoms with Crippen molar-refractivity contribution in [3.05, 3.63) is 109 Å². The predicted molar refractivity (Wildman–Crippen MR) is 396 cm³/mol. The molecule has 2 aliphatic rings. The maximum atomic E-state index is 13.4. The number of aliphatic hydroxyl groups excluding tert-OH is 8. The van der Waals surface area contributed by atoms with Crippen molar-refractivity contribution in [2.45, 2.75) is 383 Å². The highest BCUT2D eigenvalue weighted by molar-refractivity contribution is 5.76. The van der Waals surface area contributed by atoms with E-state index in [9.17, 15) is 45.6 Å². The van der Waals surface area contributed by atoms with Crippen LogP contribution in [0.25, 0.3) is 0 Å². The number of amides is 1. The first-order chi connectivity index (χ1) is 47.1. The molecular weight excluding hydrogens is 1210 g/mol. The number of nitrogens with one attached hydrogen (secondary N) is 1. The van der Waals surface area contributed by atoms with Crippen LogP contribution in [0.1, 0.15) is 309 Å². The van der Waals surface area contributed by atoms with Crippen LogP contribution in [0, 0.1) is 0 Å². The SMILES string of the molecule is CC/C=C\C/C=C\C/C=C\C/C=C\C/C=C\C/C=C\C/C=C\CCCCCCCCCCCCCCCCCC(=O)NC(COC1OC(CO)C(OC2OC(CO)C(O)C(O)C2O)C(O)C1O)C(O)/C=C/CC/C=C/CCCCCCCCCCCCCCCCCCCCC. The number of unbranched alkanes of at least 4 members (excludes halogenated alkanes) is 35. The van der Waals surface area contributed by atoms with Crippen LogP contribution in [-0.4, -0.2) is 140 Å². The highest BCUT2D eigenvalue weighted by atomic mass is 16.7. The zero-order valence-electron chi connectivity index (χ0n) is 60.6. The van der Waals surface area contributed by atoms with E-state index in [2.05, 4.69) is 116 Å². The van der Waals surface area contributed by atoms with Gasteiger partial charge in [-0.3, -0.25) is 4.79 Å². The van der Waals surface area contributed by atoms with Gasteiger partial charge in [0.25, 0.3) is 0 Å². The average molecular weight is 1350 g/mol. The Labute approximate surface area is 585 Å². The molecule has 2 aliphatic heterocycles. The summed E-state index contributed by atoms with van der Waals surface area (Å²) in [6.45, 7) is 2.70. The maximum absolute atomic E-state index is 13.4. The van der Waals surface area contributed by atoms with E-state index in [1.165, 1.54) is 199 Å². The minimum atomic E-state index is -1.80. The molecule has 1 amide bonds. The highest BCUT2D eigenvalue weighted by Crippen LogP contribution is 2.30. The van der Waals surface area contributed by atoms with E-state index in [4.69, 9.17) is 18.9 Å². The summed E-state index contributed by atoms with van der Waals surface area (Å²) >= 11 is 0. The van der Waals surface area contributed by atoms with Crippen LogP contribution in [0.5, 0.6) is 0 Å². The standard InChI is InChI=1S/C82H143NO13/c1-3-5-7-9-11-13-15-17-19-21-23-25-27-29-30-31-32-33-34-35-36-37-38-39-40-42-44-46-48-50-52-54-56-58-60-62-64-66-74(87)83-70(69-93-81-79(92)77(90)80(73(68-85)95-81)96-82-78(91)76(89)75(88)72(67-84)94-82)71(86)65-63-61-59-57-55-53-51-49-47-45-43-41-28-26-24-22-20-18-16-14-12-10-8-6-4-2/h5,7,11,13,17,19,23,25,29-30,32-33,35-36,55,57,63,65,70-73,75-82,84-86,88-92H,3-4,6,8-10,12,14-16,18,20-22,24,26-28,31,34,37-54,56,58-62,64,66-69H2,1-2H3,(H,83,87)/b7-5-,13-11-,19-17-,25-23-,30-29-,33-32-,36-35-,57-55+,65-63+. The number of hydrogen-bond acceptors (Lipinski definition) is 13. The van der Waals surface area contributed by atoms with E-state index in [-0.39, 0.29) is 18.9 Å². The normalized spacial score (nSPS) is 22.9. The van der Waals surface area contributed by atoms with Crippen LogP contribution < -0.4 is 5.32 Å². The van der Waals surface area contributed by atoms with Gasteiger partial charge < -0.3 is 65.1 Å². The lowest BCUT2D eigenvalue weighted by molar-refractivity contribution is -0.359. The summed E-state index contributed by atoms with van der Waals surface area (Å²) in [5.74, 6) is -0.249. The molecule has 14 nitrogen and oxygen atoms in total. The number of carbonyl (C=O) groups is 1. The third kappa shape index (κ3) is 47.7. The van der Waals surface area contributed by atoms with Crippen molar-refractivity contribution in [2.24, 2.45) is 0 Å². The lowest BCUT2D eigenvalue weighted by Crippen LogP contribution is -2.65. The predicted octanol–water partition coefficient (Wildman–Crippen LogP) is 17.5. The molecule has 0 bridgehead atoms. The van der Waals surface area contributed by atoms with Crippen LogP contribution in [0.2, 0.25) is 0 Å². The van der Waals surface area contributed by atoms with Gasteiger partial charge >= 0.3 is 0 Å². The minimum absolute atomic E-state index is 0.249. The van der Waals surface area contributed by atoms with Crippen LogP contribution in [-0.2, 0) is 23.7 Å². The minimum Gasteiger partial charge on any atom is -0.394 e. The van der Waals surface area contributed by atoms with Crippen molar-refractivity contribution in [2.75, 3.05) is 19.8 Å². The van der Waals surface area contributed by atoms with E-state index in [1.807, 2.05) is 6.08 Å². The van der Waals surface area contributed by atoms with Gasteiger partial charge in [-0.15, -0.1) is 0 Å². The molecule has 0 saturated carbocycles. The first kappa shape index (κ1) is 88.7. The second kappa shape index (κ2) is 65.0. The van der Waals surface area contributed by atoms with E-state index in [1.54, 1.807) is 6.08 Å². The van der Waals surface area contributed by atoms with E-state index < -0.39 is 86.8 Å². The van der Waals surface area contributed by atoms with Gasteiger partial charge in [-0.2, -0.15) is 0 Å². The number of rotatable bonds is 64. The van der Waals surface area contributed by atoms with Gasteiger partial charge in [0, 0.05) is 6.42 Å². The number of carbonyl (C=O) groups excluding carboxylic acids is 1. The zero-order chi connectivity index (χ0) is 69.4. The molecule has 12 unspecified atom stereocenters. The van der Waals surface area contributed by atoms with Crippen molar-refractivity contribution >= 4 is 5.91 Å². The van der Waals surface area contributed by atoms with Gasteiger partial charge in [-0.25, -0.2) is 0 Å². The summed E-state index contributed by atoms with van der Waals surface area (Å²) < 4.78 is 22.9. The number of ether oxygens (including phenoxy) is 4. The Morgan fingerprint density at radius 1 is 0.385 bits per heavy atom. The van der Waals surface area contributed by atoms with Crippen molar-refractivity contribution < 1.29 is 64.6 Å². The topological polar surface area (TPSA) is 228 Å². The molecule has 0 spiro atoms. The first-order valence-corrected chi connectivity index (χ1v) is 39.1. The van der Waals surface area contributed by atoms with E-state index >= 15 is 0 Å². The molecule has 9 N–H and O–H groups in total. The van der Waals surface area contributed by atoms with Crippen molar-refractivity contribution in [3.8, 4) is 0 Å². The third-order valence-corrected chi connectivity index (χ3v) is 18.4. The second-order valence-corrected chi connectivity index (χ2v) is 27.1. The molecule has 0 radical (unpaired) electrons. The molecule has 2 saturated heterocycles. The lowest BCUT2D eigenvalue weighted by atomic mass is 9.97. The zero-order valence-corrected chi connectivity index (χ0v) is 60.6. The molecule has 0 aromatic carbocycles. The summed E-state index contributed by atoms with van der Waals surface area (Å²) in [6.07, 6.45) is 77.3. The highest BCUT2D eigenvalue weighted by Gasteiger charge is 2.51. The quantitative estimate of drug-likeness (QED) is 0.0204. The van der Waals surface area contributed by atoms with Gasteiger partial charge in [0.05, 0.1) is 32.0 Å². The van der Waals surface area contributed by atoms with Gasteiger partial charge in [-0.05, 0) is 89.9 Å². The fourth-order valence-electron chi connectivity index (χ4n) is 12.3. The molecule has 554 valence electrons. The Balaban J connectivity index is 1.63. The van der Waals surface area contributed by atoms with E-state index in [0.29, 0.717) is 12.8 Å². The Morgan fingerprint density at radius 3 is 1.15 bits per heavy atom. The fourth-order valence-corrected chi connectivity index (χ4v) is 12.3. The van der Waals surface area contributed by atoms with Crippen molar-refractivity contribution in [1.29, 1.82) is 0 Å². The van der Waals surface area contributed by atoms with Gasteiger partial charge in [-0.1, -0.05) is 322 Å². The summed E-state index contributed by atoms with van der Waals surface area (Å²) in [7, 11) is 0. The van der Waals surface area contributed by atoms with Crippen molar-refractivity contribution in [1.82, 2.24) is 5.32 Å². The maximum Gasteiger partial charge on any atom is 0.220 e. The third-order valence-electron chi connectivity index (χ3n) is 18.4. The molecule has 0 aromatic rings. The number of aliphatic hydroxyl groups is 8. The summed E-state index contributed by atoms with van der Waals surface area (Å²) in [4.78, 5) is 13.4. The molecule has 0 aromatic heterocycles. The molecule has 96 heavy (non-hydrogen) atoms. The van der Waals surface area contributed by atoms with Crippen LogP contribution >= 0.6 is 0 Å². The summed E-state index contributed by atoms with van der Waals surface area (Å²) in [6, 6.07) is -0.939. The Bertz CT molecular complexity index is 2030. The average Bonchev–Trinajstić information content (AvgIpc) is 0.857. The number of hydrogen-bond donors (Lipinski definition) is 9. The molecule has 2 fully saturated rings. The second-order valence-electron chi connectivity index (χ2n) is 27.1. The number of allylic oxidation sites excluding steroid dienone is 17. The smallest absolute Gasteiger partial charge is 0.220 e.